The van der Waals surface area contributed by atoms with Gasteiger partial charge in [-0.15, -0.1) is 0 Å². The van der Waals surface area contributed by atoms with E-state index in [0.29, 0.717) is 11.3 Å². The lowest BCUT2D eigenvalue weighted by Crippen LogP contribution is -2.10. The minimum atomic E-state index is 0.337. The van der Waals surface area contributed by atoms with Crippen LogP contribution in [0.5, 0.6) is 0 Å². The smallest absolute Gasteiger partial charge is 0.00108 e. The lowest BCUT2D eigenvalue weighted by Gasteiger charge is -2.19. The number of allylic oxidation sites excluding steroid dienone is 4. The van der Waals surface area contributed by atoms with Crippen molar-refractivity contribution in [2.24, 2.45) is 11.3 Å². The topological polar surface area (TPSA) is 0 Å². The Hall–Kier alpha value is -0.520. The van der Waals surface area contributed by atoms with E-state index in [2.05, 4.69) is 51.5 Å². The molecule has 0 spiro atoms. The number of rotatable bonds is 1. The van der Waals surface area contributed by atoms with Crippen LogP contribution in [0.3, 0.4) is 0 Å². The van der Waals surface area contributed by atoms with Crippen molar-refractivity contribution < 1.29 is 0 Å². The SMILES string of the molecule is CC(C)(C)[CH]C1C=CC=C1. The monoisotopic (exact) mass is 135 g/mol. The van der Waals surface area contributed by atoms with Gasteiger partial charge in [-0.25, -0.2) is 0 Å². The van der Waals surface area contributed by atoms with Crippen LogP contribution in [0.15, 0.2) is 24.3 Å². The second-order valence-electron chi connectivity index (χ2n) is 3.88. The molecule has 0 nitrogen and oxygen atoms in total. The van der Waals surface area contributed by atoms with E-state index in [4.69, 9.17) is 0 Å². The molecule has 0 aromatic heterocycles. The van der Waals surface area contributed by atoms with Crippen molar-refractivity contribution >= 4 is 0 Å². The minimum Gasteiger partial charge on any atom is -0.0773 e. The average Bonchev–Trinajstić information content (AvgIpc) is 2.12. The maximum atomic E-state index is 2.35. The highest BCUT2D eigenvalue weighted by atomic mass is 14.2. The normalized spacial score (nSPS) is 18.7. The molecule has 1 aliphatic carbocycles. The van der Waals surface area contributed by atoms with Crippen LogP contribution >= 0.6 is 0 Å². The molecule has 0 saturated carbocycles. The zero-order chi connectivity index (χ0) is 7.61. The van der Waals surface area contributed by atoms with Crippen LogP contribution in [0.25, 0.3) is 0 Å². The van der Waals surface area contributed by atoms with Crippen LogP contribution in [-0.2, 0) is 0 Å². The molecule has 0 fully saturated rings. The van der Waals surface area contributed by atoms with Crippen LogP contribution in [0, 0.1) is 17.8 Å². The van der Waals surface area contributed by atoms with E-state index in [0.717, 1.165) is 0 Å². The maximum absolute atomic E-state index is 2.35. The van der Waals surface area contributed by atoms with Crippen LogP contribution < -0.4 is 0 Å². The highest BCUT2D eigenvalue weighted by Crippen LogP contribution is 2.26. The van der Waals surface area contributed by atoms with Crippen LogP contribution in [0.1, 0.15) is 20.8 Å². The van der Waals surface area contributed by atoms with E-state index >= 15 is 0 Å². The first-order valence-electron chi connectivity index (χ1n) is 3.79. The van der Waals surface area contributed by atoms with Crippen LogP contribution in [-0.4, -0.2) is 0 Å². The van der Waals surface area contributed by atoms with Crippen molar-refractivity contribution in [3.8, 4) is 0 Å². The van der Waals surface area contributed by atoms with Crippen molar-refractivity contribution in [1.82, 2.24) is 0 Å². The summed E-state index contributed by atoms with van der Waals surface area (Å²) in [5.41, 5.74) is 0.337. The van der Waals surface area contributed by atoms with Gasteiger partial charge in [-0.2, -0.15) is 0 Å². The van der Waals surface area contributed by atoms with E-state index in [1.54, 1.807) is 0 Å². The van der Waals surface area contributed by atoms with Crippen molar-refractivity contribution in [2.75, 3.05) is 0 Å². The largest absolute Gasteiger partial charge is 0.0773 e. The number of hydrogen-bond donors (Lipinski definition) is 0. The summed E-state index contributed by atoms with van der Waals surface area (Å²) < 4.78 is 0. The molecule has 55 valence electrons. The molecule has 10 heavy (non-hydrogen) atoms. The second kappa shape index (κ2) is 2.61. The first kappa shape index (κ1) is 7.59. The third kappa shape index (κ3) is 2.38. The van der Waals surface area contributed by atoms with Gasteiger partial charge >= 0.3 is 0 Å². The van der Waals surface area contributed by atoms with Gasteiger partial charge < -0.3 is 0 Å². The zero-order valence-electron chi connectivity index (χ0n) is 6.96. The summed E-state index contributed by atoms with van der Waals surface area (Å²) in [7, 11) is 0. The zero-order valence-corrected chi connectivity index (χ0v) is 6.96. The first-order chi connectivity index (χ1) is 4.58. The molecular formula is C10H15. The summed E-state index contributed by atoms with van der Waals surface area (Å²) >= 11 is 0. The molecule has 0 saturated heterocycles. The second-order valence-corrected chi connectivity index (χ2v) is 3.88. The summed E-state index contributed by atoms with van der Waals surface area (Å²) in [6.45, 7) is 6.69. The van der Waals surface area contributed by atoms with Gasteiger partial charge in [0.25, 0.3) is 0 Å². The highest BCUT2D eigenvalue weighted by Gasteiger charge is 2.15. The Labute approximate surface area is 63.6 Å². The Morgan fingerprint density at radius 2 is 1.60 bits per heavy atom. The van der Waals surface area contributed by atoms with Gasteiger partial charge in [0.2, 0.25) is 0 Å². The molecule has 1 rings (SSSR count). The van der Waals surface area contributed by atoms with E-state index in [1.807, 2.05) is 0 Å². The molecule has 0 unspecified atom stereocenters. The van der Waals surface area contributed by atoms with Crippen molar-refractivity contribution in [3.63, 3.8) is 0 Å². The summed E-state index contributed by atoms with van der Waals surface area (Å²) in [5, 5.41) is 0. The molecule has 0 bridgehead atoms. The summed E-state index contributed by atoms with van der Waals surface area (Å²) in [6, 6.07) is 0. The fourth-order valence-electron chi connectivity index (χ4n) is 1.14. The molecule has 0 N–H and O–H groups in total. The van der Waals surface area contributed by atoms with Crippen molar-refractivity contribution in [2.45, 2.75) is 20.8 Å². The van der Waals surface area contributed by atoms with Crippen LogP contribution in [0.4, 0.5) is 0 Å². The van der Waals surface area contributed by atoms with Crippen molar-refractivity contribution in [1.29, 1.82) is 0 Å². The summed E-state index contributed by atoms with van der Waals surface area (Å²) in [6.07, 6.45) is 11.0. The quantitative estimate of drug-likeness (QED) is 0.518. The first-order valence-corrected chi connectivity index (χ1v) is 3.79. The molecule has 0 aliphatic heterocycles. The highest BCUT2D eigenvalue weighted by molar-refractivity contribution is 5.21. The van der Waals surface area contributed by atoms with E-state index in [-0.39, 0.29) is 0 Å². The third-order valence-electron chi connectivity index (χ3n) is 1.47. The predicted molar refractivity (Wildman–Crippen MR) is 45.5 cm³/mol. The van der Waals surface area contributed by atoms with E-state index in [9.17, 15) is 0 Å². The van der Waals surface area contributed by atoms with Gasteiger partial charge in [0.05, 0.1) is 0 Å². The molecule has 0 atom stereocenters. The molecule has 0 heteroatoms. The van der Waals surface area contributed by atoms with Crippen LogP contribution in [0.2, 0.25) is 0 Å². The average molecular weight is 135 g/mol. The molecule has 0 aromatic rings. The van der Waals surface area contributed by atoms with Gasteiger partial charge in [-0.05, 0) is 17.8 Å². The molecule has 0 heterocycles. The fourth-order valence-corrected chi connectivity index (χ4v) is 1.14. The maximum Gasteiger partial charge on any atom is -0.00108 e. The molecule has 1 aliphatic rings. The van der Waals surface area contributed by atoms with E-state index < -0.39 is 0 Å². The Morgan fingerprint density at radius 1 is 1.10 bits per heavy atom. The predicted octanol–water partition coefficient (Wildman–Crippen LogP) is 2.98. The Kier molecular flexibility index (Phi) is 1.98. The molecule has 0 amide bonds. The minimum absolute atomic E-state index is 0.337. The lowest BCUT2D eigenvalue weighted by atomic mass is 9.85. The summed E-state index contributed by atoms with van der Waals surface area (Å²) in [4.78, 5) is 0. The van der Waals surface area contributed by atoms with E-state index in [1.165, 1.54) is 0 Å². The molecule has 1 radical (unpaired) electrons. The Morgan fingerprint density at radius 3 is 2.00 bits per heavy atom. The standard InChI is InChI=1S/C10H15/c1-10(2,3)8-9-6-4-5-7-9/h4-9H,1-3H3. The Balaban J connectivity index is 2.40. The van der Waals surface area contributed by atoms with Gasteiger partial charge in [0.15, 0.2) is 0 Å². The third-order valence-corrected chi connectivity index (χ3v) is 1.47. The number of hydrogen-bond acceptors (Lipinski definition) is 0. The van der Waals surface area contributed by atoms with Gasteiger partial charge in [0.1, 0.15) is 0 Å². The van der Waals surface area contributed by atoms with Crippen molar-refractivity contribution in [3.05, 3.63) is 30.7 Å². The Bertz CT molecular complexity index is 143. The fraction of sp³-hybridized carbons (Fsp3) is 0.500. The van der Waals surface area contributed by atoms with Gasteiger partial charge in [-0.1, -0.05) is 45.1 Å². The molecule has 0 aromatic carbocycles. The molecular weight excluding hydrogens is 120 g/mol. The van der Waals surface area contributed by atoms with Gasteiger partial charge in [0, 0.05) is 0 Å². The lowest BCUT2D eigenvalue weighted by molar-refractivity contribution is 0.464. The van der Waals surface area contributed by atoms with Gasteiger partial charge in [-0.3, -0.25) is 0 Å². The summed E-state index contributed by atoms with van der Waals surface area (Å²) in [5.74, 6) is 0.569.